The summed E-state index contributed by atoms with van der Waals surface area (Å²) >= 11 is 0. The lowest BCUT2D eigenvalue weighted by atomic mass is 10.0. The van der Waals surface area contributed by atoms with Crippen molar-refractivity contribution in [3.63, 3.8) is 0 Å². The van der Waals surface area contributed by atoms with Crippen molar-refractivity contribution in [1.29, 1.82) is 0 Å². The Balaban J connectivity index is 1.45. The topological polar surface area (TPSA) is 80.8 Å². The van der Waals surface area contributed by atoms with Crippen LogP contribution >= 0.6 is 0 Å². The van der Waals surface area contributed by atoms with Gasteiger partial charge in [0.15, 0.2) is 0 Å². The molecule has 7 nitrogen and oxygen atoms in total. The molecule has 1 N–H and O–H groups in total. The maximum Gasteiger partial charge on any atom is 0.415 e. The van der Waals surface area contributed by atoms with Gasteiger partial charge in [0.05, 0.1) is 6.04 Å². The van der Waals surface area contributed by atoms with E-state index in [-0.39, 0.29) is 42.8 Å². The molecule has 1 atom stereocenters. The van der Waals surface area contributed by atoms with E-state index in [4.69, 9.17) is 9.47 Å². The fourth-order valence-electron chi connectivity index (χ4n) is 4.01. The van der Waals surface area contributed by atoms with Gasteiger partial charge >= 0.3 is 6.09 Å². The molecule has 1 saturated carbocycles. The monoisotopic (exact) mass is 475 g/mol. The third kappa shape index (κ3) is 5.26. The van der Waals surface area contributed by atoms with Crippen molar-refractivity contribution in [2.75, 3.05) is 16.8 Å². The van der Waals surface area contributed by atoms with E-state index in [1.807, 2.05) is 37.3 Å². The van der Waals surface area contributed by atoms with Crippen molar-refractivity contribution < 1.29 is 23.5 Å². The summed E-state index contributed by atoms with van der Waals surface area (Å²) in [7, 11) is 0. The Kier molecular flexibility index (Phi) is 6.35. The number of fused-ring (bicyclic) bond motifs is 1. The van der Waals surface area contributed by atoms with Gasteiger partial charge in [-0.3, -0.25) is 9.69 Å². The number of carbonyl (C=O) groups excluding carboxylic acids is 2. The molecule has 1 aliphatic carbocycles. The van der Waals surface area contributed by atoms with Gasteiger partial charge in [-0.05, 0) is 49.1 Å². The molecule has 0 spiro atoms. The van der Waals surface area contributed by atoms with Crippen LogP contribution in [0.3, 0.4) is 0 Å². The molecule has 2 aliphatic rings. The average molecular weight is 476 g/mol. The maximum atomic E-state index is 13.4. The highest BCUT2D eigenvalue weighted by molar-refractivity contribution is 5.95. The zero-order valence-corrected chi connectivity index (χ0v) is 19.4. The molecule has 1 aliphatic heterocycles. The lowest BCUT2D eigenvalue weighted by Gasteiger charge is -2.34. The van der Waals surface area contributed by atoms with Gasteiger partial charge in [0.2, 0.25) is 11.8 Å². The van der Waals surface area contributed by atoms with Gasteiger partial charge in [0, 0.05) is 17.9 Å². The van der Waals surface area contributed by atoms with Gasteiger partial charge in [0.25, 0.3) is 0 Å². The summed E-state index contributed by atoms with van der Waals surface area (Å²) < 4.78 is 24.9. The first-order valence-corrected chi connectivity index (χ1v) is 11.7. The van der Waals surface area contributed by atoms with Crippen molar-refractivity contribution >= 4 is 23.5 Å². The van der Waals surface area contributed by atoms with Crippen LogP contribution in [0.5, 0.6) is 5.88 Å². The average Bonchev–Trinajstić information content (AvgIpc) is 3.71. The summed E-state index contributed by atoms with van der Waals surface area (Å²) in [4.78, 5) is 31.8. The molecule has 1 aromatic heterocycles. The van der Waals surface area contributed by atoms with Crippen LogP contribution in [0.25, 0.3) is 0 Å². The molecule has 0 saturated heterocycles. The summed E-state index contributed by atoms with van der Waals surface area (Å²) in [6, 6.07) is 17.1. The number of hydrogen-bond donors (Lipinski definition) is 1. The summed E-state index contributed by atoms with van der Waals surface area (Å²) in [5.74, 6) is 0.234. The van der Waals surface area contributed by atoms with Gasteiger partial charge in [0.1, 0.15) is 30.5 Å². The number of ether oxygens (including phenoxy) is 2. The molecular formula is C27H26FN3O4. The fraction of sp³-hybridized carbons (Fsp3) is 0.296. The minimum Gasteiger partial charge on any atom is -0.474 e. The Hall–Kier alpha value is -3.94. The number of hydrogen-bond acceptors (Lipinski definition) is 5. The molecule has 0 bridgehead atoms. The Morgan fingerprint density at radius 2 is 1.86 bits per heavy atom. The van der Waals surface area contributed by atoms with Crippen molar-refractivity contribution in [3.05, 3.63) is 83.2 Å². The molecule has 0 unspecified atom stereocenters. The number of aromatic nitrogens is 1. The first-order valence-electron chi connectivity index (χ1n) is 11.7. The van der Waals surface area contributed by atoms with Gasteiger partial charge < -0.3 is 14.8 Å². The molecule has 8 heteroatoms. The molecular weight excluding hydrogens is 449 g/mol. The van der Waals surface area contributed by atoms with Crippen LogP contribution in [0.2, 0.25) is 0 Å². The number of anilines is 2. The lowest BCUT2D eigenvalue weighted by Crippen LogP contribution is -2.45. The zero-order chi connectivity index (χ0) is 24.4. The Bertz CT molecular complexity index is 1230. The SMILES string of the molecule is C[C@H]1COc2nc(NC(=O)C3CC3)c(Cc3ccc(F)cc3)cc2N1C(=O)OCc1ccccc1. The van der Waals surface area contributed by atoms with Gasteiger partial charge in [-0.2, -0.15) is 4.98 Å². The first kappa shape index (κ1) is 22.8. The predicted octanol–water partition coefficient (Wildman–Crippen LogP) is 5.08. The van der Waals surface area contributed by atoms with Gasteiger partial charge in [-0.25, -0.2) is 9.18 Å². The first-order chi connectivity index (χ1) is 17.0. The summed E-state index contributed by atoms with van der Waals surface area (Å²) in [6.07, 6.45) is 1.61. The van der Waals surface area contributed by atoms with Crippen LogP contribution in [0.1, 0.15) is 36.5 Å². The van der Waals surface area contributed by atoms with E-state index in [2.05, 4.69) is 10.3 Å². The Morgan fingerprint density at radius 3 is 2.57 bits per heavy atom. The van der Waals surface area contributed by atoms with Crippen LogP contribution in [0.4, 0.5) is 20.7 Å². The van der Waals surface area contributed by atoms with Crippen molar-refractivity contribution in [3.8, 4) is 5.88 Å². The molecule has 0 radical (unpaired) electrons. The molecule has 1 fully saturated rings. The van der Waals surface area contributed by atoms with E-state index < -0.39 is 6.09 Å². The highest BCUT2D eigenvalue weighted by Crippen LogP contribution is 2.38. The molecule has 5 rings (SSSR count). The van der Waals surface area contributed by atoms with E-state index in [0.29, 0.717) is 23.5 Å². The van der Waals surface area contributed by atoms with Crippen molar-refractivity contribution in [2.24, 2.45) is 5.92 Å². The lowest BCUT2D eigenvalue weighted by molar-refractivity contribution is -0.117. The fourth-order valence-corrected chi connectivity index (χ4v) is 4.01. The van der Waals surface area contributed by atoms with Gasteiger partial charge in [-0.1, -0.05) is 42.5 Å². The second kappa shape index (κ2) is 9.74. The van der Waals surface area contributed by atoms with E-state index in [0.717, 1.165) is 24.0 Å². The van der Waals surface area contributed by atoms with Crippen molar-refractivity contribution in [1.82, 2.24) is 4.98 Å². The second-order valence-corrected chi connectivity index (χ2v) is 8.96. The Labute approximate surface area is 202 Å². The Morgan fingerprint density at radius 1 is 1.11 bits per heavy atom. The zero-order valence-electron chi connectivity index (χ0n) is 19.4. The highest BCUT2D eigenvalue weighted by Gasteiger charge is 2.34. The van der Waals surface area contributed by atoms with Crippen LogP contribution in [0, 0.1) is 11.7 Å². The number of rotatable bonds is 6. The predicted molar refractivity (Wildman–Crippen MR) is 129 cm³/mol. The van der Waals surface area contributed by atoms with Crippen molar-refractivity contribution in [2.45, 2.75) is 38.8 Å². The summed E-state index contributed by atoms with van der Waals surface area (Å²) in [5.41, 5.74) is 2.90. The van der Waals surface area contributed by atoms with E-state index in [1.165, 1.54) is 17.0 Å². The molecule has 180 valence electrons. The van der Waals surface area contributed by atoms with Crippen LogP contribution < -0.4 is 15.0 Å². The third-order valence-electron chi connectivity index (χ3n) is 6.11. The van der Waals surface area contributed by atoms with E-state index in [1.54, 1.807) is 18.2 Å². The van der Waals surface area contributed by atoms with Crippen LogP contribution in [0.15, 0.2) is 60.7 Å². The summed E-state index contributed by atoms with van der Waals surface area (Å²) in [5, 5.41) is 2.92. The highest BCUT2D eigenvalue weighted by atomic mass is 19.1. The minimum atomic E-state index is -0.504. The second-order valence-electron chi connectivity index (χ2n) is 8.96. The number of benzene rings is 2. The molecule has 3 aromatic rings. The number of pyridine rings is 1. The van der Waals surface area contributed by atoms with Gasteiger partial charge in [-0.15, -0.1) is 0 Å². The number of carbonyl (C=O) groups is 2. The van der Waals surface area contributed by atoms with E-state index in [9.17, 15) is 14.0 Å². The largest absolute Gasteiger partial charge is 0.474 e. The number of nitrogens with one attached hydrogen (secondary N) is 1. The third-order valence-corrected chi connectivity index (χ3v) is 6.11. The summed E-state index contributed by atoms with van der Waals surface area (Å²) in [6.45, 7) is 2.26. The molecule has 2 amide bonds. The molecule has 35 heavy (non-hydrogen) atoms. The minimum absolute atomic E-state index is 0.00286. The number of halogens is 1. The molecule has 2 aromatic carbocycles. The smallest absolute Gasteiger partial charge is 0.415 e. The maximum absolute atomic E-state index is 13.4. The standard InChI is InChI=1S/C27H26FN3O4/c1-17-15-34-26-23(31(17)27(33)35-16-19-5-3-2-4-6-19)14-21(13-18-7-11-22(28)12-8-18)24(30-26)29-25(32)20-9-10-20/h2-8,11-12,14,17,20H,9-10,13,15-16H2,1H3,(H,29,30,32)/t17-/m0/s1. The normalized spacial score (nSPS) is 16.7. The van der Waals surface area contributed by atoms with Crippen LogP contribution in [-0.2, 0) is 22.6 Å². The number of amides is 2. The molecule has 2 heterocycles. The number of nitrogens with zero attached hydrogens (tertiary/aromatic N) is 2. The van der Waals surface area contributed by atoms with E-state index >= 15 is 0 Å². The van der Waals surface area contributed by atoms with Crippen LogP contribution in [-0.4, -0.2) is 29.6 Å². The quantitative estimate of drug-likeness (QED) is 0.538.